The Bertz CT molecular complexity index is 2640. The first-order valence-electron chi connectivity index (χ1n) is 18.2. The number of aromatic carboxylic acids is 1. The van der Waals surface area contributed by atoms with Crippen molar-refractivity contribution in [3.05, 3.63) is 154 Å². The second kappa shape index (κ2) is 21.0. The zero-order valence-electron chi connectivity index (χ0n) is 32.6. The van der Waals surface area contributed by atoms with Gasteiger partial charge >= 0.3 is 30.4 Å². The maximum absolute atomic E-state index is 13.0. The van der Waals surface area contributed by atoms with Crippen molar-refractivity contribution < 1.29 is 60.1 Å². The van der Waals surface area contributed by atoms with Crippen molar-refractivity contribution in [3.63, 3.8) is 0 Å². The number of nitrogens with one attached hydrogen (secondary N) is 5. The highest BCUT2D eigenvalue weighted by atomic mass is 35.5. The van der Waals surface area contributed by atoms with Gasteiger partial charge in [-0.05, 0) is 104 Å². The van der Waals surface area contributed by atoms with Gasteiger partial charge in [-0.15, -0.1) is 0 Å². The van der Waals surface area contributed by atoms with Gasteiger partial charge in [-0.25, -0.2) is 19.4 Å². The van der Waals surface area contributed by atoms with Crippen LogP contribution in [0.25, 0.3) is 0 Å². The Kier molecular flexibility index (Phi) is 15.6. The van der Waals surface area contributed by atoms with Gasteiger partial charge in [0.05, 0.1) is 21.2 Å². The van der Waals surface area contributed by atoms with Crippen LogP contribution < -0.4 is 36.1 Å². The van der Waals surface area contributed by atoms with E-state index >= 15 is 0 Å². The number of amides is 5. The van der Waals surface area contributed by atoms with Gasteiger partial charge < -0.3 is 41.2 Å². The van der Waals surface area contributed by atoms with Crippen molar-refractivity contribution in [2.24, 2.45) is 0 Å². The lowest BCUT2D eigenvalue weighted by Crippen LogP contribution is -2.23. The fraction of sp³-hybridized carbons (Fsp3) is 0.0952. The number of ether oxygens (including phenoxy) is 2. The van der Waals surface area contributed by atoms with Crippen molar-refractivity contribution >= 4 is 69.9 Å². The number of halogens is 8. The van der Waals surface area contributed by atoms with Crippen LogP contribution in [0.15, 0.2) is 122 Å². The molecular weight excluding hydrogens is 899 g/mol. The first-order valence-corrected chi connectivity index (χ1v) is 18.9. The molecule has 64 heavy (non-hydrogen) atoms. The van der Waals surface area contributed by atoms with Gasteiger partial charge in [-0.2, -0.15) is 26.3 Å². The van der Waals surface area contributed by atoms with Gasteiger partial charge in [0.2, 0.25) is 0 Å². The molecule has 5 amide bonds. The molecular formula is C42H31Cl2F6N7O7. The number of pyridine rings is 2. The van der Waals surface area contributed by atoms with E-state index in [1.165, 1.54) is 67.0 Å². The maximum Gasteiger partial charge on any atom is 0.417 e. The van der Waals surface area contributed by atoms with E-state index in [0.717, 1.165) is 24.3 Å². The minimum Gasteiger partial charge on any atom is -0.477 e. The van der Waals surface area contributed by atoms with Gasteiger partial charge in [0, 0.05) is 53.8 Å². The first-order chi connectivity index (χ1) is 30.3. The Labute approximate surface area is 368 Å². The van der Waals surface area contributed by atoms with Gasteiger partial charge in [0.1, 0.15) is 28.7 Å². The Morgan fingerprint density at radius 2 is 0.922 bits per heavy atom. The predicted molar refractivity (Wildman–Crippen MR) is 225 cm³/mol. The Morgan fingerprint density at radius 1 is 0.547 bits per heavy atom. The molecule has 2 heterocycles. The molecule has 0 saturated heterocycles. The van der Waals surface area contributed by atoms with Crippen LogP contribution in [-0.2, 0) is 12.4 Å². The Balaban J connectivity index is 0.000000241. The fourth-order valence-electron chi connectivity index (χ4n) is 5.15. The average Bonchev–Trinajstić information content (AvgIpc) is 3.23. The standard InChI is InChI=1S/C22H18ClF3N4O3.C20H13ClF3N3O4/c1-2-27-20(31)19-12-16(9-10-28-19)33-15-6-3-13(4-7-15)29-21(32)30-14-5-8-18(23)17(11-14)22(24,25)26;21-16-6-3-12(9-15(16)20(22,23)24)27-19(30)26-11-1-4-13(5-2-11)31-14-7-8-25-17(10-14)18(28)29/h3-12H,2H2,1H3,(H,27,31)(H2,29,30,32);1-10H,(H,28,29)(H2,26,27,30). The number of carbonyl (C=O) groups excluding carboxylic acids is 3. The lowest BCUT2D eigenvalue weighted by atomic mass is 10.2. The molecule has 0 atom stereocenters. The number of carboxylic acid groups (broad SMARTS) is 1. The Morgan fingerprint density at radius 3 is 1.31 bits per heavy atom. The average molecular weight is 931 g/mol. The summed E-state index contributed by atoms with van der Waals surface area (Å²) in [5.74, 6) is -0.0693. The highest BCUT2D eigenvalue weighted by molar-refractivity contribution is 6.32. The smallest absolute Gasteiger partial charge is 0.417 e. The quantitative estimate of drug-likeness (QED) is 0.0686. The molecule has 0 spiro atoms. The number of carboxylic acids is 1. The maximum atomic E-state index is 13.0. The number of urea groups is 2. The van der Waals surface area contributed by atoms with E-state index < -0.39 is 51.6 Å². The number of benzene rings is 4. The molecule has 0 radical (unpaired) electrons. The predicted octanol–water partition coefficient (Wildman–Crippen LogP) is 11.8. The second-order valence-corrected chi connectivity index (χ2v) is 13.5. The number of anilines is 4. The van der Waals surface area contributed by atoms with E-state index in [2.05, 4.69) is 36.6 Å². The number of hydrogen-bond acceptors (Lipinski definition) is 8. The number of alkyl halides is 6. The van der Waals surface area contributed by atoms with Gasteiger partial charge in [-0.3, -0.25) is 9.78 Å². The first kappa shape index (κ1) is 47.5. The van der Waals surface area contributed by atoms with Crippen molar-refractivity contribution in [2.45, 2.75) is 19.3 Å². The van der Waals surface area contributed by atoms with Crippen LogP contribution in [0, 0.1) is 0 Å². The van der Waals surface area contributed by atoms with Crippen LogP contribution in [0.4, 0.5) is 58.7 Å². The summed E-state index contributed by atoms with van der Waals surface area (Å²) < 4.78 is 88.8. The number of rotatable bonds is 11. The molecule has 0 saturated carbocycles. The summed E-state index contributed by atoms with van der Waals surface area (Å²) >= 11 is 11.1. The van der Waals surface area contributed by atoms with E-state index in [1.54, 1.807) is 37.3 Å². The third-order valence-electron chi connectivity index (χ3n) is 8.01. The topological polar surface area (TPSA) is 193 Å². The molecule has 6 N–H and O–H groups in total. The van der Waals surface area contributed by atoms with Crippen LogP contribution in [0.1, 0.15) is 39.0 Å². The van der Waals surface area contributed by atoms with E-state index in [4.69, 9.17) is 37.8 Å². The molecule has 0 aliphatic rings. The van der Waals surface area contributed by atoms with Crippen LogP contribution in [0.2, 0.25) is 10.0 Å². The van der Waals surface area contributed by atoms with E-state index in [9.17, 15) is 45.5 Å². The van der Waals surface area contributed by atoms with E-state index in [-0.39, 0.29) is 34.4 Å². The number of nitrogens with zero attached hydrogens (tertiary/aromatic N) is 2. The summed E-state index contributed by atoms with van der Waals surface area (Å²) in [5, 5.41) is 20.3. The third kappa shape index (κ3) is 14.0. The highest BCUT2D eigenvalue weighted by Crippen LogP contribution is 2.37. The molecule has 6 aromatic rings. The lowest BCUT2D eigenvalue weighted by Gasteiger charge is -2.12. The van der Waals surface area contributed by atoms with Gasteiger partial charge in [-0.1, -0.05) is 23.2 Å². The van der Waals surface area contributed by atoms with Crippen LogP contribution in [-0.4, -0.2) is 45.6 Å². The number of aromatic nitrogens is 2. The molecule has 4 aromatic carbocycles. The van der Waals surface area contributed by atoms with E-state index in [0.29, 0.717) is 35.2 Å². The Hall–Kier alpha value is -7.58. The lowest BCUT2D eigenvalue weighted by molar-refractivity contribution is -0.138. The van der Waals surface area contributed by atoms with Gasteiger partial charge in [0.15, 0.2) is 5.69 Å². The molecule has 0 aliphatic heterocycles. The summed E-state index contributed by atoms with van der Waals surface area (Å²) in [5.41, 5.74) is -1.50. The van der Waals surface area contributed by atoms with Crippen molar-refractivity contribution in [2.75, 3.05) is 27.8 Å². The monoisotopic (exact) mass is 929 g/mol. The largest absolute Gasteiger partial charge is 0.477 e. The molecule has 0 aliphatic carbocycles. The molecule has 0 fully saturated rings. The van der Waals surface area contributed by atoms with Gasteiger partial charge in [0.25, 0.3) is 5.91 Å². The zero-order chi connectivity index (χ0) is 46.6. The fourth-order valence-corrected chi connectivity index (χ4v) is 5.60. The van der Waals surface area contributed by atoms with E-state index in [1.807, 2.05) is 0 Å². The van der Waals surface area contributed by atoms with Crippen molar-refractivity contribution in [1.29, 1.82) is 0 Å². The van der Waals surface area contributed by atoms with Crippen LogP contribution >= 0.6 is 23.2 Å². The molecule has 0 unspecified atom stereocenters. The third-order valence-corrected chi connectivity index (χ3v) is 8.67. The molecule has 14 nitrogen and oxygen atoms in total. The summed E-state index contributed by atoms with van der Waals surface area (Å²) in [6, 6.07) is 22.7. The molecule has 332 valence electrons. The second-order valence-electron chi connectivity index (χ2n) is 12.7. The SMILES string of the molecule is CCNC(=O)c1cc(Oc2ccc(NC(=O)Nc3ccc(Cl)c(C(F)(F)F)c3)cc2)ccn1.O=C(Nc1ccc(Oc2ccnc(C(=O)O)c2)cc1)Nc1ccc(Cl)c(C(F)(F)F)c1. The minimum atomic E-state index is -4.65. The normalized spacial score (nSPS) is 11.0. The van der Waals surface area contributed by atoms with Crippen LogP contribution in [0.3, 0.4) is 0 Å². The molecule has 0 bridgehead atoms. The van der Waals surface area contributed by atoms with Crippen molar-refractivity contribution in [3.8, 4) is 23.0 Å². The molecule has 22 heteroatoms. The molecule has 2 aromatic heterocycles. The number of carbonyl (C=O) groups is 4. The summed E-state index contributed by atoms with van der Waals surface area (Å²) in [7, 11) is 0. The minimum absolute atomic E-state index is 0.0650. The summed E-state index contributed by atoms with van der Waals surface area (Å²) in [6.07, 6.45) is -6.56. The highest BCUT2D eigenvalue weighted by Gasteiger charge is 2.34. The number of hydrogen-bond donors (Lipinski definition) is 6. The molecule has 6 rings (SSSR count). The van der Waals surface area contributed by atoms with Crippen LogP contribution in [0.5, 0.6) is 23.0 Å². The zero-order valence-corrected chi connectivity index (χ0v) is 34.1. The summed E-state index contributed by atoms with van der Waals surface area (Å²) in [6.45, 7) is 2.26. The summed E-state index contributed by atoms with van der Waals surface area (Å²) in [4.78, 5) is 54.7. The van der Waals surface area contributed by atoms with Crippen molar-refractivity contribution in [1.82, 2.24) is 15.3 Å².